The van der Waals surface area contributed by atoms with E-state index in [-0.39, 0.29) is 12.0 Å². The molecule has 3 aromatic rings. The van der Waals surface area contributed by atoms with Crippen LogP contribution in [0.1, 0.15) is 17.7 Å². The molecule has 1 saturated heterocycles. The molecule has 1 amide bonds. The van der Waals surface area contributed by atoms with E-state index in [1.807, 2.05) is 41.8 Å². The van der Waals surface area contributed by atoms with Crippen LogP contribution < -0.4 is 4.90 Å². The Balaban J connectivity index is 1.63. The quantitative estimate of drug-likeness (QED) is 0.546. The first-order valence-electron chi connectivity index (χ1n) is 8.40. The number of thiophene rings is 1. The SMILES string of the molecule is O=C(/C=C/c1cccs1)N(CC1CCCO1)c1nc2ccc(Cl)cc2s1. The van der Waals surface area contributed by atoms with Crippen LogP contribution in [-0.4, -0.2) is 30.1 Å². The average Bonchev–Trinajstić information content (AvgIpc) is 3.38. The Labute approximate surface area is 164 Å². The molecule has 1 aliphatic heterocycles. The summed E-state index contributed by atoms with van der Waals surface area (Å²) in [6, 6.07) is 9.53. The van der Waals surface area contributed by atoms with Gasteiger partial charge in [0.25, 0.3) is 5.91 Å². The van der Waals surface area contributed by atoms with E-state index in [4.69, 9.17) is 16.3 Å². The van der Waals surface area contributed by atoms with E-state index in [0.29, 0.717) is 16.7 Å². The summed E-state index contributed by atoms with van der Waals surface area (Å²) in [6.45, 7) is 1.27. The summed E-state index contributed by atoms with van der Waals surface area (Å²) in [5.41, 5.74) is 0.849. The van der Waals surface area contributed by atoms with Gasteiger partial charge in [0.1, 0.15) is 0 Å². The molecule has 3 heterocycles. The molecule has 0 aliphatic carbocycles. The van der Waals surface area contributed by atoms with Crippen molar-refractivity contribution in [1.29, 1.82) is 0 Å². The van der Waals surface area contributed by atoms with Gasteiger partial charge in [-0.2, -0.15) is 0 Å². The number of carbonyl (C=O) groups is 1. The Kier molecular flexibility index (Phi) is 5.36. The molecule has 0 spiro atoms. The number of aromatic nitrogens is 1. The lowest BCUT2D eigenvalue weighted by Gasteiger charge is -2.21. The Hall–Kier alpha value is -1.73. The fourth-order valence-corrected chi connectivity index (χ4v) is 4.76. The maximum absolute atomic E-state index is 12.9. The van der Waals surface area contributed by atoms with Crippen LogP contribution in [0.5, 0.6) is 0 Å². The van der Waals surface area contributed by atoms with Gasteiger partial charge >= 0.3 is 0 Å². The van der Waals surface area contributed by atoms with Gasteiger partial charge in [-0.15, -0.1) is 11.3 Å². The van der Waals surface area contributed by atoms with Crippen molar-refractivity contribution in [3.05, 3.63) is 51.7 Å². The molecule has 134 valence electrons. The third-order valence-corrected chi connectivity index (χ3v) is 6.29. The highest BCUT2D eigenvalue weighted by atomic mass is 35.5. The van der Waals surface area contributed by atoms with Crippen LogP contribution in [0.15, 0.2) is 41.8 Å². The fraction of sp³-hybridized carbons (Fsp3) is 0.263. The normalized spacial score (nSPS) is 17.3. The van der Waals surface area contributed by atoms with Crippen LogP contribution >= 0.6 is 34.3 Å². The number of carbonyl (C=O) groups excluding carboxylic acids is 1. The Morgan fingerprint density at radius 2 is 2.35 bits per heavy atom. The van der Waals surface area contributed by atoms with Gasteiger partial charge in [0, 0.05) is 22.6 Å². The minimum absolute atomic E-state index is 0.0599. The van der Waals surface area contributed by atoms with Crippen LogP contribution in [0, 0.1) is 0 Å². The van der Waals surface area contributed by atoms with Crippen molar-refractivity contribution in [3.63, 3.8) is 0 Å². The smallest absolute Gasteiger partial charge is 0.252 e. The van der Waals surface area contributed by atoms with Crippen molar-refractivity contribution in [2.24, 2.45) is 0 Å². The van der Waals surface area contributed by atoms with Crippen molar-refractivity contribution >= 4 is 61.6 Å². The molecule has 1 fully saturated rings. The number of rotatable bonds is 5. The molecule has 1 unspecified atom stereocenters. The summed E-state index contributed by atoms with van der Waals surface area (Å²) in [4.78, 5) is 20.3. The largest absolute Gasteiger partial charge is 0.376 e. The van der Waals surface area contributed by atoms with Gasteiger partial charge in [-0.05, 0) is 48.6 Å². The second kappa shape index (κ2) is 7.88. The molecule has 1 aromatic carbocycles. The minimum atomic E-state index is -0.0842. The molecular weight excluding hydrogens is 388 g/mol. The van der Waals surface area contributed by atoms with E-state index in [1.54, 1.807) is 22.3 Å². The molecule has 26 heavy (non-hydrogen) atoms. The maximum Gasteiger partial charge on any atom is 0.252 e. The van der Waals surface area contributed by atoms with Crippen LogP contribution in [-0.2, 0) is 9.53 Å². The first-order valence-corrected chi connectivity index (χ1v) is 10.5. The van der Waals surface area contributed by atoms with Crippen LogP contribution in [0.4, 0.5) is 5.13 Å². The third-order valence-electron chi connectivity index (χ3n) is 4.18. The average molecular weight is 405 g/mol. The van der Waals surface area contributed by atoms with Gasteiger partial charge in [-0.25, -0.2) is 4.98 Å². The van der Waals surface area contributed by atoms with Gasteiger partial charge in [-0.3, -0.25) is 9.69 Å². The standard InChI is InChI=1S/C19H17ClN2O2S2/c20-13-5-7-16-17(11-13)26-19(21-16)22(12-14-3-1-9-24-14)18(23)8-6-15-4-2-10-25-15/h2,4-8,10-11,14H,1,3,9,12H2/b8-6+. The molecule has 1 aliphatic rings. The lowest BCUT2D eigenvalue weighted by atomic mass is 10.2. The number of ether oxygens (including phenoxy) is 1. The van der Waals surface area contributed by atoms with E-state index in [9.17, 15) is 4.79 Å². The zero-order chi connectivity index (χ0) is 17.9. The van der Waals surface area contributed by atoms with E-state index in [1.165, 1.54) is 11.3 Å². The predicted molar refractivity (Wildman–Crippen MR) is 109 cm³/mol. The topological polar surface area (TPSA) is 42.4 Å². The third kappa shape index (κ3) is 3.99. The van der Waals surface area contributed by atoms with Crippen LogP contribution in [0.25, 0.3) is 16.3 Å². The lowest BCUT2D eigenvalue weighted by molar-refractivity contribution is -0.114. The zero-order valence-corrected chi connectivity index (χ0v) is 16.3. The number of hydrogen-bond acceptors (Lipinski definition) is 5. The summed E-state index contributed by atoms with van der Waals surface area (Å²) < 4.78 is 6.71. The van der Waals surface area contributed by atoms with Crippen molar-refractivity contribution in [1.82, 2.24) is 4.98 Å². The molecule has 4 rings (SSSR count). The number of halogens is 1. The fourth-order valence-electron chi connectivity index (χ4n) is 2.89. The highest BCUT2D eigenvalue weighted by Gasteiger charge is 2.25. The highest BCUT2D eigenvalue weighted by molar-refractivity contribution is 7.22. The van der Waals surface area contributed by atoms with Crippen molar-refractivity contribution < 1.29 is 9.53 Å². The van der Waals surface area contributed by atoms with Gasteiger partial charge in [0.15, 0.2) is 5.13 Å². The Bertz CT molecular complexity index is 930. The van der Waals surface area contributed by atoms with Gasteiger partial charge < -0.3 is 4.74 Å². The van der Waals surface area contributed by atoms with E-state index in [0.717, 1.165) is 34.5 Å². The first-order chi connectivity index (χ1) is 12.7. The van der Waals surface area contributed by atoms with Crippen LogP contribution in [0.3, 0.4) is 0 Å². The second-order valence-electron chi connectivity index (χ2n) is 6.04. The Morgan fingerprint density at radius 3 is 3.12 bits per heavy atom. The summed E-state index contributed by atoms with van der Waals surface area (Å²) in [5.74, 6) is -0.0842. The van der Waals surface area contributed by atoms with Crippen molar-refractivity contribution in [2.75, 3.05) is 18.1 Å². The van der Waals surface area contributed by atoms with Gasteiger partial charge in [0.05, 0.1) is 22.9 Å². The number of hydrogen-bond donors (Lipinski definition) is 0. The summed E-state index contributed by atoms with van der Waals surface area (Å²) in [6.07, 6.45) is 5.52. The van der Waals surface area contributed by atoms with E-state index >= 15 is 0 Å². The summed E-state index contributed by atoms with van der Waals surface area (Å²) in [5, 5.41) is 3.34. The number of benzene rings is 1. The van der Waals surface area contributed by atoms with Crippen LogP contribution in [0.2, 0.25) is 5.02 Å². The molecule has 0 N–H and O–H groups in total. The van der Waals surface area contributed by atoms with Gasteiger partial charge in [-0.1, -0.05) is 29.0 Å². The summed E-state index contributed by atoms with van der Waals surface area (Å²) >= 11 is 9.16. The second-order valence-corrected chi connectivity index (χ2v) is 8.47. The maximum atomic E-state index is 12.9. The molecule has 1 atom stereocenters. The van der Waals surface area contributed by atoms with E-state index < -0.39 is 0 Å². The molecule has 7 heteroatoms. The van der Waals surface area contributed by atoms with Gasteiger partial charge in [0.2, 0.25) is 0 Å². The molecule has 4 nitrogen and oxygen atoms in total. The molecule has 2 aromatic heterocycles. The number of anilines is 1. The molecule has 0 radical (unpaired) electrons. The number of nitrogens with zero attached hydrogens (tertiary/aromatic N) is 2. The monoisotopic (exact) mass is 404 g/mol. The number of thiazole rings is 1. The number of fused-ring (bicyclic) bond motifs is 1. The van der Waals surface area contributed by atoms with E-state index in [2.05, 4.69) is 4.98 Å². The molecular formula is C19H17ClN2O2S2. The summed E-state index contributed by atoms with van der Waals surface area (Å²) in [7, 11) is 0. The van der Waals surface area contributed by atoms with Crippen molar-refractivity contribution in [3.8, 4) is 0 Å². The first kappa shape index (κ1) is 17.7. The lowest BCUT2D eigenvalue weighted by Crippen LogP contribution is -2.36. The Morgan fingerprint density at radius 1 is 1.42 bits per heavy atom. The molecule has 0 saturated carbocycles. The predicted octanol–water partition coefficient (Wildman–Crippen LogP) is 5.24. The van der Waals surface area contributed by atoms with Crippen molar-refractivity contribution in [2.45, 2.75) is 18.9 Å². The zero-order valence-electron chi connectivity index (χ0n) is 13.9. The highest BCUT2D eigenvalue weighted by Crippen LogP contribution is 2.32. The molecule has 0 bridgehead atoms. The minimum Gasteiger partial charge on any atom is -0.376 e. The number of amides is 1.